The lowest BCUT2D eigenvalue weighted by atomic mass is 10.1. The summed E-state index contributed by atoms with van der Waals surface area (Å²) in [6, 6.07) is 12.4. The molecule has 0 saturated heterocycles. The minimum Gasteiger partial charge on any atom is -0.491 e. The highest BCUT2D eigenvalue weighted by Gasteiger charge is 2.20. The normalized spacial score (nSPS) is 11.1. The quantitative estimate of drug-likeness (QED) is 0.536. The topological polar surface area (TPSA) is 90.4 Å². The summed E-state index contributed by atoms with van der Waals surface area (Å²) in [6.07, 6.45) is 1.63. The third-order valence-electron chi connectivity index (χ3n) is 4.12. The summed E-state index contributed by atoms with van der Waals surface area (Å²) < 4.78 is 16.3. The standard InChI is InChI=1S/C21H19N3O4/c1-12(2)27-15-8-6-14(7-9-15)22-20(25)16-11-17(18-5-4-10-26-18)23-21-19(16)13(3)24-28-21/h4-12H,1-3H3,(H,22,25). The molecule has 142 valence electrons. The van der Waals surface area contributed by atoms with Crippen molar-refractivity contribution in [2.24, 2.45) is 0 Å². The molecule has 1 aromatic carbocycles. The van der Waals surface area contributed by atoms with E-state index >= 15 is 0 Å². The van der Waals surface area contributed by atoms with Crippen LogP contribution in [-0.4, -0.2) is 22.2 Å². The summed E-state index contributed by atoms with van der Waals surface area (Å²) in [5, 5.41) is 7.42. The van der Waals surface area contributed by atoms with Crippen LogP contribution in [0.3, 0.4) is 0 Å². The van der Waals surface area contributed by atoms with Gasteiger partial charge in [-0.15, -0.1) is 0 Å². The van der Waals surface area contributed by atoms with E-state index in [1.807, 2.05) is 26.0 Å². The Kier molecular flexibility index (Phi) is 4.57. The molecule has 0 spiro atoms. The third kappa shape index (κ3) is 3.46. The molecule has 4 rings (SSSR count). The molecule has 0 saturated carbocycles. The van der Waals surface area contributed by atoms with E-state index in [4.69, 9.17) is 13.7 Å². The van der Waals surface area contributed by atoms with Crippen molar-refractivity contribution in [2.45, 2.75) is 26.9 Å². The third-order valence-corrected chi connectivity index (χ3v) is 4.12. The van der Waals surface area contributed by atoms with Crippen LogP contribution >= 0.6 is 0 Å². The van der Waals surface area contributed by atoms with Gasteiger partial charge in [0.1, 0.15) is 11.4 Å². The highest BCUT2D eigenvalue weighted by atomic mass is 16.5. The minimum atomic E-state index is -0.288. The van der Waals surface area contributed by atoms with Crippen molar-refractivity contribution in [1.82, 2.24) is 10.1 Å². The monoisotopic (exact) mass is 377 g/mol. The number of benzene rings is 1. The average molecular weight is 377 g/mol. The number of hydrogen-bond acceptors (Lipinski definition) is 6. The number of rotatable bonds is 5. The van der Waals surface area contributed by atoms with Crippen LogP contribution < -0.4 is 10.1 Å². The van der Waals surface area contributed by atoms with E-state index < -0.39 is 0 Å². The molecule has 28 heavy (non-hydrogen) atoms. The molecule has 4 aromatic rings. The molecular formula is C21H19N3O4. The molecule has 3 heterocycles. The fourth-order valence-corrected chi connectivity index (χ4v) is 2.91. The number of ether oxygens (including phenoxy) is 1. The molecule has 3 aromatic heterocycles. The lowest BCUT2D eigenvalue weighted by Gasteiger charge is -2.11. The van der Waals surface area contributed by atoms with Gasteiger partial charge in [-0.25, -0.2) is 4.98 Å². The van der Waals surface area contributed by atoms with E-state index in [1.54, 1.807) is 43.5 Å². The molecule has 0 atom stereocenters. The van der Waals surface area contributed by atoms with Gasteiger partial charge in [0.25, 0.3) is 11.6 Å². The Hall–Kier alpha value is -3.61. The number of amides is 1. The number of pyridine rings is 1. The van der Waals surface area contributed by atoms with Gasteiger partial charge in [0.05, 0.1) is 29.0 Å². The zero-order chi connectivity index (χ0) is 19.7. The first kappa shape index (κ1) is 17.8. The highest BCUT2D eigenvalue weighted by Crippen LogP contribution is 2.28. The SMILES string of the molecule is Cc1noc2nc(-c3ccco3)cc(C(=O)Nc3ccc(OC(C)C)cc3)c12. The first-order chi connectivity index (χ1) is 13.5. The maximum atomic E-state index is 13.0. The van der Waals surface area contributed by atoms with Crippen molar-refractivity contribution < 1.29 is 18.5 Å². The smallest absolute Gasteiger partial charge is 0.259 e. The molecule has 0 aliphatic carbocycles. The molecule has 0 aliphatic rings. The fourth-order valence-electron chi connectivity index (χ4n) is 2.91. The van der Waals surface area contributed by atoms with Crippen LogP contribution in [0.1, 0.15) is 29.9 Å². The molecule has 1 amide bonds. The van der Waals surface area contributed by atoms with Gasteiger partial charge in [-0.05, 0) is 63.2 Å². The second-order valence-corrected chi connectivity index (χ2v) is 6.63. The first-order valence-corrected chi connectivity index (χ1v) is 8.90. The van der Waals surface area contributed by atoms with Gasteiger partial charge in [-0.3, -0.25) is 4.79 Å². The number of nitrogens with one attached hydrogen (secondary N) is 1. The van der Waals surface area contributed by atoms with Gasteiger partial charge in [-0.2, -0.15) is 0 Å². The number of aryl methyl sites for hydroxylation is 1. The van der Waals surface area contributed by atoms with Gasteiger partial charge in [0, 0.05) is 5.69 Å². The molecule has 7 heteroatoms. The second kappa shape index (κ2) is 7.19. The molecule has 0 aliphatic heterocycles. The summed E-state index contributed by atoms with van der Waals surface area (Å²) >= 11 is 0. The van der Waals surface area contributed by atoms with Crippen molar-refractivity contribution in [3.05, 3.63) is 60.0 Å². The van der Waals surface area contributed by atoms with Crippen molar-refractivity contribution in [2.75, 3.05) is 5.32 Å². The van der Waals surface area contributed by atoms with Gasteiger partial charge in [0.15, 0.2) is 5.76 Å². The molecule has 1 N–H and O–H groups in total. The molecule has 7 nitrogen and oxygen atoms in total. The van der Waals surface area contributed by atoms with Crippen LogP contribution in [0.4, 0.5) is 5.69 Å². The van der Waals surface area contributed by atoms with Gasteiger partial charge >= 0.3 is 0 Å². The first-order valence-electron chi connectivity index (χ1n) is 8.90. The summed E-state index contributed by atoms with van der Waals surface area (Å²) in [4.78, 5) is 17.4. The summed E-state index contributed by atoms with van der Waals surface area (Å²) in [5.74, 6) is 0.999. The summed E-state index contributed by atoms with van der Waals surface area (Å²) in [6.45, 7) is 5.69. The van der Waals surface area contributed by atoms with Crippen molar-refractivity contribution in [3.63, 3.8) is 0 Å². The van der Waals surface area contributed by atoms with Gasteiger partial charge in [-0.1, -0.05) is 5.16 Å². The molecule has 0 radical (unpaired) electrons. The number of fused-ring (bicyclic) bond motifs is 1. The predicted molar refractivity (Wildman–Crippen MR) is 104 cm³/mol. The van der Waals surface area contributed by atoms with E-state index in [1.165, 1.54) is 0 Å². The van der Waals surface area contributed by atoms with Crippen LogP contribution in [0.15, 0.2) is 57.7 Å². The van der Waals surface area contributed by atoms with Crippen LogP contribution in [-0.2, 0) is 0 Å². The van der Waals surface area contributed by atoms with Crippen LogP contribution in [0.25, 0.3) is 22.6 Å². The number of carbonyl (C=O) groups is 1. The molecule has 0 unspecified atom stereocenters. The lowest BCUT2D eigenvalue weighted by Crippen LogP contribution is -2.13. The predicted octanol–water partition coefficient (Wildman–Crippen LogP) is 4.83. The summed E-state index contributed by atoms with van der Waals surface area (Å²) in [5.41, 5.74) is 2.45. The van der Waals surface area contributed by atoms with Crippen LogP contribution in [0.2, 0.25) is 0 Å². The Morgan fingerprint density at radius 1 is 1.18 bits per heavy atom. The number of furan rings is 1. The van der Waals surface area contributed by atoms with E-state index in [2.05, 4.69) is 15.5 Å². The van der Waals surface area contributed by atoms with E-state index in [-0.39, 0.29) is 17.7 Å². The Morgan fingerprint density at radius 2 is 1.96 bits per heavy atom. The fraction of sp³-hybridized carbons (Fsp3) is 0.190. The Bertz CT molecular complexity index is 1110. The molecule has 0 fully saturated rings. The Labute approximate surface area is 161 Å². The number of carbonyl (C=O) groups excluding carboxylic acids is 1. The zero-order valence-electron chi connectivity index (χ0n) is 15.7. The van der Waals surface area contributed by atoms with E-state index in [9.17, 15) is 4.79 Å². The average Bonchev–Trinajstić information content (AvgIpc) is 3.32. The lowest BCUT2D eigenvalue weighted by molar-refractivity contribution is 0.102. The minimum absolute atomic E-state index is 0.0853. The maximum absolute atomic E-state index is 13.0. The highest BCUT2D eigenvalue weighted by molar-refractivity contribution is 6.12. The molecular weight excluding hydrogens is 358 g/mol. The maximum Gasteiger partial charge on any atom is 0.259 e. The number of aromatic nitrogens is 2. The summed E-state index contributed by atoms with van der Waals surface area (Å²) in [7, 11) is 0. The van der Waals surface area contributed by atoms with Crippen molar-refractivity contribution in [1.29, 1.82) is 0 Å². The second-order valence-electron chi connectivity index (χ2n) is 6.63. The van der Waals surface area contributed by atoms with Gasteiger partial charge in [0.2, 0.25) is 0 Å². The van der Waals surface area contributed by atoms with Crippen molar-refractivity contribution >= 4 is 22.7 Å². The zero-order valence-corrected chi connectivity index (χ0v) is 15.7. The van der Waals surface area contributed by atoms with Crippen LogP contribution in [0.5, 0.6) is 5.75 Å². The number of hydrogen-bond donors (Lipinski definition) is 1. The van der Waals surface area contributed by atoms with Gasteiger partial charge < -0.3 is 19.0 Å². The number of anilines is 1. The van der Waals surface area contributed by atoms with Crippen LogP contribution in [0, 0.1) is 6.92 Å². The van der Waals surface area contributed by atoms with E-state index in [0.717, 1.165) is 5.75 Å². The Balaban J connectivity index is 1.67. The number of nitrogens with zero attached hydrogens (tertiary/aromatic N) is 2. The van der Waals surface area contributed by atoms with E-state index in [0.29, 0.717) is 33.8 Å². The van der Waals surface area contributed by atoms with Crippen molar-refractivity contribution in [3.8, 4) is 17.2 Å². The Morgan fingerprint density at radius 3 is 2.64 bits per heavy atom. The molecule has 0 bridgehead atoms. The largest absolute Gasteiger partial charge is 0.491 e.